The zero-order valence-electron chi connectivity index (χ0n) is 16.9. The van der Waals surface area contributed by atoms with Gasteiger partial charge in [0.15, 0.2) is 0 Å². The first-order valence-electron chi connectivity index (χ1n) is 10.2. The van der Waals surface area contributed by atoms with Crippen LogP contribution in [0.25, 0.3) is 0 Å². The second-order valence-electron chi connectivity index (χ2n) is 7.93. The second-order valence-corrected chi connectivity index (χ2v) is 7.93. The van der Waals surface area contributed by atoms with Crippen LogP contribution in [0.3, 0.4) is 0 Å². The van der Waals surface area contributed by atoms with Crippen LogP contribution in [0.15, 0.2) is 36.4 Å². The lowest BCUT2D eigenvalue weighted by Gasteiger charge is -2.35. The van der Waals surface area contributed by atoms with E-state index in [0.29, 0.717) is 18.2 Å². The van der Waals surface area contributed by atoms with Gasteiger partial charge >= 0.3 is 0 Å². The highest BCUT2D eigenvalue weighted by molar-refractivity contribution is 5.92. The molecule has 3 rings (SSSR count). The van der Waals surface area contributed by atoms with Crippen molar-refractivity contribution in [2.45, 2.75) is 45.6 Å². The number of piperidine rings is 1. The molecule has 0 spiro atoms. The maximum absolute atomic E-state index is 12.8. The molecule has 0 saturated carbocycles. The van der Waals surface area contributed by atoms with Gasteiger partial charge in [0.1, 0.15) is 5.69 Å². The summed E-state index contributed by atoms with van der Waals surface area (Å²) in [5.41, 5.74) is 8.21. The van der Waals surface area contributed by atoms with Gasteiger partial charge in [0, 0.05) is 12.2 Å². The van der Waals surface area contributed by atoms with E-state index in [-0.39, 0.29) is 17.9 Å². The Hall–Kier alpha value is -2.47. The number of carbonyl (C=O) groups is 1. The molecule has 150 valence electrons. The van der Waals surface area contributed by atoms with Crippen molar-refractivity contribution in [3.63, 3.8) is 0 Å². The maximum atomic E-state index is 12.8. The fraction of sp³-hybridized carbons (Fsp3) is 0.500. The third-order valence-electron chi connectivity index (χ3n) is 5.12. The van der Waals surface area contributed by atoms with Gasteiger partial charge in [-0.05, 0) is 49.9 Å². The normalized spacial score (nSPS) is 16.1. The van der Waals surface area contributed by atoms with Crippen LogP contribution in [0.5, 0.6) is 0 Å². The molecule has 1 aromatic heterocycles. The van der Waals surface area contributed by atoms with Gasteiger partial charge in [0.25, 0.3) is 5.91 Å². The Bertz CT molecular complexity index is 772. The highest BCUT2D eigenvalue weighted by Crippen LogP contribution is 2.24. The minimum atomic E-state index is -0.197. The van der Waals surface area contributed by atoms with Crippen molar-refractivity contribution in [2.24, 2.45) is 5.92 Å². The summed E-state index contributed by atoms with van der Waals surface area (Å²) in [4.78, 5) is 23.6. The number of carbonyl (C=O) groups excluding carboxylic acids is 1. The number of likely N-dealkylation sites (tertiary alicyclic amines) is 1. The number of hydrogen-bond donors (Lipinski definition) is 2. The first kappa shape index (κ1) is 20.3. The molecule has 1 aliphatic rings. The number of hydrogen-bond acceptors (Lipinski definition) is 5. The fourth-order valence-electron chi connectivity index (χ4n) is 3.80. The first-order chi connectivity index (χ1) is 13.5. The average molecular weight is 382 g/mol. The molecule has 1 aromatic carbocycles. The largest absolute Gasteiger partial charge is 0.368 e. The molecule has 1 atom stereocenters. The van der Waals surface area contributed by atoms with E-state index in [1.807, 2.05) is 6.07 Å². The lowest BCUT2D eigenvalue weighted by Crippen LogP contribution is -2.40. The number of aromatic nitrogens is 2. The van der Waals surface area contributed by atoms with Crippen molar-refractivity contribution in [2.75, 3.05) is 25.4 Å². The van der Waals surface area contributed by atoms with E-state index in [4.69, 9.17) is 5.73 Å². The summed E-state index contributed by atoms with van der Waals surface area (Å²) < 4.78 is 0. The monoisotopic (exact) mass is 381 g/mol. The quantitative estimate of drug-likeness (QED) is 0.769. The van der Waals surface area contributed by atoms with Crippen LogP contribution in [-0.4, -0.2) is 40.4 Å². The molecular formula is C22H31N5O. The Kier molecular flexibility index (Phi) is 6.98. The van der Waals surface area contributed by atoms with Crippen LogP contribution in [0.4, 0.5) is 5.95 Å². The van der Waals surface area contributed by atoms with Gasteiger partial charge in [-0.1, -0.05) is 50.6 Å². The number of nitrogens with one attached hydrogen (secondary N) is 1. The molecule has 28 heavy (non-hydrogen) atoms. The third-order valence-corrected chi connectivity index (χ3v) is 5.12. The molecule has 2 heterocycles. The minimum absolute atomic E-state index is 0.152. The standard InChI is InChI=1S/C22H31N5O/c1-16(2)13-18-14-19(26-22(23)25-18)21(28)24-15-20(17-9-5-3-6-10-17)27-11-7-4-8-12-27/h3,5-6,9-10,14,16,20H,4,7-8,11-13,15H2,1-2H3,(H,24,28)(H2,23,25,26)/t20-/m1/s1. The molecule has 0 unspecified atom stereocenters. The van der Waals surface area contributed by atoms with E-state index in [2.05, 4.69) is 58.3 Å². The van der Waals surface area contributed by atoms with Crippen LogP contribution in [0.1, 0.15) is 60.9 Å². The van der Waals surface area contributed by atoms with Crippen molar-refractivity contribution < 1.29 is 4.79 Å². The van der Waals surface area contributed by atoms with E-state index >= 15 is 0 Å². The molecule has 6 nitrogen and oxygen atoms in total. The average Bonchev–Trinajstić information content (AvgIpc) is 2.68. The Morgan fingerprint density at radius 3 is 2.54 bits per heavy atom. The van der Waals surface area contributed by atoms with Crippen molar-refractivity contribution in [1.29, 1.82) is 0 Å². The van der Waals surface area contributed by atoms with E-state index in [1.54, 1.807) is 6.07 Å². The summed E-state index contributed by atoms with van der Waals surface area (Å²) in [7, 11) is 0. The number of nitrogens with two attached hydrogens (primary N) is 1. The maximum Gasteiger partial charge on any atom is 0.270 e. The van der Waals surface area contributed by atoms with E-state index in [1.165, 1.54) is 24.8 Å². The molecular weight excluding hydrogens is 350 g/mol. The lowest BCUT2D eigenvalue weighted by molar-refractivity contribution is 0.0919. The van der Waals surface area contributed by atoms with Crippen LogP contribution >= 0.6 is 0 Å². The van der Waals surface area contributed by atoms with E-state index in [9.17, 15) is 4.79 Å². The van der Waals surface area contributed by atoms with Crippen LogP contribution in [0, 0.1) is 5.92 Å². The third kappa shape index (κ3) is 5.52. The molecule has 0 bridgehead atoms. The minimum Gasteiger partial charge on any atom is -0.368 e. The molecule has 3 N–H and O–H groups in total. The Morgan fingerprint density at radius 2 is 1.86 bits per heavy atom. The predicted octanol–water partition coefficient (Wildman–Crippen LogP) is 3.21. The smallest absolute Gasteiger partial charge is 0.270 e. The summed E-state index contributed by atoms with van der Waals surface area (Å²) in [6, 6.07) is 12.3. The molecule has 0 aliphatic carbocycles. The number of anilines is 1. The van der Waals surface area contributed by atoms with E-state index in [0.717, 1.165) is 25.2 Å². The Balaban J connectivity index is 1.72. The number of nitrogen functional groups attached to an aromatic ring is 1. The van der Waals surface area contributed by atoms with Crippen molar-refractivity contribution in [3.8, 4) is 0 Å². The highest BCUT2D eigenvalue weighted by atomic mass is 16.1. The first-order valence-corrected chi connectivity index (χ1v) is 10.2. The highest BCUT2D eigenvalue weighted by Gasteiger charge is 2.23. The van der Waals surface area contributed by atoms with E-state index < -0.39 is 0 Å². The second kappa shape index (κ2) is 9.64. The lowest BCUT2D eigenvalue weighted by atomic mass is 10.0. The predicted molar refractivity (Wildman–Crippen MR) is 112 cm³/mol. The summed E-state index contributed by atoms with van der Waals surface area (Å²) in [6.45, 7) is 6.90. The zero-order valence-corrected chi connectivity index (χ0v) is 16.9. The summed E-state index contributed by atoms with van der Waals surface area (Å²) >= 11 is 0. The van der Waals surface area contributed by atoms with Crippen molar-refractivity contribution >= 4 is 11.9 Å². The number of amides is 1. The molecule has 1 aliphatic heterocycles. The summed E-state index contributed by atoms with van der Waals surface area (Å²) in [5.74, 6) is 0.391. The number of benzene rings is 1. The van der Waals surface area contributed by atoms with Crippen LogP contribution < -0.4 is 11.1 Å². The Labute approximate surface area is 167 Å². The zero-order chi connectivity index (χ0) is 19.9. The SMILES string of the molecule is CC(C)Cc1cc(C(=O)NC[C@H](c2ccccc2)N2CCCCC2)nc(N)n1. The Morgan fingerprint density at radius 1 is 1.14 bits per heavy atom. The summed E-state index contributed by atoms with van der Waals surface area (Å²) in [5, 5.41) is 3.08. The molecule has 1 saturated heterocycles. The molecule has 6 heteroatoms. The number of nitrogens with zero attached hydrogens (tertiary/aromatic N) is 3. The summed E-state index contributed by atoms with van der Waals surface area (Å²) in [6.07, 6.45) is 4.47. The van der Waals surface area contributed by atoms with Gasteiger partial charge in [-0.15, -0.1) is 0 Å². The number of rotatable bonds is 7. The van der Waals surface area contributed by atoms with Gasteiger partial charge in [-0.2, -0.15) is 0 Å². The van der Waals surface area contributed by atoms with Gasteiger partial charge in [0.2, 0.25) is 5.95 Å². The van der Waals surface area contributed by atoms with Gasteiger partial charge < -0.3 is 11.1 Å². The molecule has 1 fully saturated rings. The van der Waals surface area contributed by atoms with Crippen LogP contribution in [0.2, 0.25) is 0 Å². The van der Waals surface area contributed by atoms with Gasteiger partial charge in [0.05, 0.1) is 6.04 Å². The van der Waals surface area contributed by atoms with Gasteiger partial charge in [-0.3, -0.25) is 9.69 Å². The van der Waals surface area contributed by atoms with Gasteiger partial charge in [-0.25, -0.2) is 9.97 Å². The van der Waals surface area contributed by atoms with Crippen molar-refractivity contribution in [1.82, 2.24) is 20.2 Å². The van der Waals surface area contributed by atoms with Crippen LogP contribution in [-0.2, 0) is 6.42 Å². The van der Waals surface area contributed by atoms with Crippen molar-refractivity contribution in [3.05, 3.63) is 53.3 Å². The molecule has 2 aromatic rings. The fourth-order valence-corrected chi connectivity index (χ4v) is 3.80. The molecule has 1 amide bonds. The molecule has 0 radical (unpaired) electrons. The topological polar surface area (TPSA) is 84.1 Å².